The van der Waals surface area contributed by atoms with Gasteiger partial charge in [-0.2, -0.15) is 0 Å². The fourth-order valence-electron chi connectivity index (χ4n) is 3.57. The van der Waals surface area contributed by atoms with Gasteiger partial charge in [-0.05, 0) is 49.6 Å². The van der Waals surface area contributed by atoms with Gasteiger partial charge < -0.3 is 9.32 Å². The molecular weight excluding hydrogens is 378 g/mol. The maximum absolute atomic E-state index is 12.9. The molecule has 8 heteroatoms. The van der Waals surface area contributed by atoms with E-state index in [2.05, 4.69) is 4.98 Å². The predicted molar refractivity (Wildman–Crippen MR) is 104 cm³/mol. The van der Waals surface area contributed by atoms with Crippen molar-refractivity contribution in [3.63, 3.8) is 0 Å². The number of sulfonamides is 1. The van der Waals surface area contributed by atoms with Crippen LogP contribution < -0.4 is 5.14 Å². The number of piperidine rings is 1. The topological polar surface area (TPSA) is 106 Å². The summed E-state index contributed by atoms with van der Waals surface area (Å²) < 4.78 is 29.1. The van der Waals surface area contributed by atoms with Gasteiger partial charge in [0.05, 0.1) is 4.90 Å². The molecule has 0 atom stereocenters. The first-order valence-corrected chi connectivity index (χ1v) is 10.7. The van der Waals surface area contributed by atoms with Crippen LogP contribution in [0, 0.1) is 6.92 Å². The summed E-state index contributed by atoms with van der Waals surface area (Å²) in [6.45, 7) is 2.90. The summed E-state index contributed by atoms with van der Waals surface area (Å²) in [7, 11) is -3.86. The molecule has 0 aliphatic carbocycles. The molecule has 1 aliphatic heterocycles. The van der Waals surface area contributed by atoms with Crippen LogP contribution in [0.5, 0.6) is 0 Å². The van der Waals surface area contributed by atoms with Crippen LogP contribution in [0.3, 0.4) is 0 Å². The second-order valence-electron chi connectivity index (χ2n) is 7.11. The minimum atomic E-state index is -3.86. The molecule has 1 amide bonds. The standard InChI is InChI=1S/C20H21N3O4S/c1-13-6-7-15(28(21,25)26)12-16(13)20(24)23-10-8-14(9-11-23)19-22-17-4-2-3-5-18(17)27-19/h2-7,12,14H,8-11H2,1H3,(H2,21,25,26). The van der Waals surface area contributed by atoms with Gasteiger partial charge in [-0.15, -0.1) is 0 Å². The van der Waals surface area contributed by atoms with Gasteiger partial charge in [0.25, 0.3) is 5.91 Å². The van der Waals surface area contributed by atoms with Crippen LogP contribution in [0.1, 0.15) is 40.6 Å². The van der Waals surface area contributed by atoms with Gasteiger partial charge in [-0.3, -0.25) is 4.79 Å². The van der Waals surface area contributed by atoms with Crippen molar-refractivity contribution in [3.8, 4) is 0 Å². The number of hydrogen-bond acceptors (Lipinski definition) is 5. The second-order valence-corrected chi connectivity index (χ2v) is 8.67. The first-order valence-electron chi connectivity index (χ1n) is 9.11. The minimum absolute atomic E-state index is 0.0530. The lowest BCUT2D eigenvalue weighted by molar-refractivity contribution is 0.0705. The van der Waals surface area contributed by atoms with Crippen LogP contribution in [0.2, 0.25) is 0 Å². The number of aryl methyl sites for hydroxylation is 1. The average molecular weight is 399 g/mol. The molecule has 2 aromatic carbocycles. The summed E-state index contributed by atoms with van der Waals surface area (Å²) in [4.78, 5) is 19.2. The Morgan fingerprint density at radius 1 is 1.18 bits per heavy atom. The van der Waals surface area contributed by atoms with Gasteiger partial charge in [0.15, 0.2) is 11.5 Å². The van der Waals surface area contributed by atoms with Crippen molar-refractivity contribution in [2.24, 2.45) is 5.14 Å². The monoisotopic (exact) mass is 399 g/mol. The van der Waals surface area contributed by atoms with Gasteiger partial charge in [0, 0.05) is 24.6 Å². The van der Waals surface area contributed by atoms with Crippen molar-refractivity contribution in [3.05, 3.63) is 59.5 Å². The zero-order valence-electron chi connectivity index (χ0n) is 15.5. The Labute approximate surface area is 163 Å². The maximum atomic E-state index is 12.9. The molecule has 3 aromatic rings. The largest absolute Gasteiger partial charge is 0.440 e. The Balaban J connectivity index is 1.50. The summed E-state index contributed by atoms with van der Waals surface area (Å²) in [5, 5.41) is 5.20. The number of likely N-dealkylation sites (tertiary alicyclic amines) is 1. The lowest BCUT2D eigenvalue weighted by atomic mass is 9.96. The van der Waals surface area contributed by atoms with Gasteiger partial charge in [-0.1, -0.05) is 18.2 Å². The van der Waals surface area contributed by atoms with Crippen LogP contribution in [0.15, 0.2) is 51.8 Å². The number of fused-ring (bicyclic) bond motifs is 1. The van der Waals surface area contributed by atoms with E-state index in [0.29, 0.717) is 24.5 Å². The Bertz CT molecular complexity index is 1110. The van der Waals surface area contributed by atoms with E-state index in [-0.39, 0.29) is 16.7 Å². The van der Waals surface area contributed by atoms with Gasteiger partial charge in [0.2, 0.25) is 10.0 Å². The quantitative estimate of drug-likeness (QED) is 0.729. The number of carbonyl (C=O) groups is 1. The zero-order valence-corrected chi connectivity index (χ0v) is 16.3. The minimum Gasteiger partial charge on any atom is -0.440 e. The Kier molecular flexibility index (Phi) is 4.68. The predicted octanol–water partition coefficient (Wildman–Crippen LogP) is 2.80. The molecule has 4 rings (SSSR count). The highest BCUT2D eigenvalue weighted by Crippen LogP contribution is 2.30. The van der Waals surface area contributed by atoms with Crippen LogP contribution in [0.25, 0.3) is 11.1 Å². The molecular formula is C20H21N3O4S. The SMILES string of the molecule is Cc1ccc(S(N)(=O)=O)cc1C(=O)N1CCC(c2nc3ccccc3o2)CC1. The summed E-state index contributed by atoms with van der Waals surface area (Å²) in [6.07, 6.45) is 1.49. The smallest absolute Gasteiger partial charge is 0.254 e. The molecule has 0 radical (unpaired) electrons. The van der Waals surface area contributed by atoms with Crippen LogP contribution >= 0.6 is 0 Å². The molecule has 1 aromatic heterocycles. The first kappa shape index (κ1) is 18.6. The number of amides is 1. The molecule has 0 bridgehead atoms. The van der Waals surface area contributed by atoms with Crippen LogP contribution in [-0.4, -0.2) is 37.3 Å². The number of rotatable bonds is 3. The highest BCUT2D eigenvalue weighted by Gasteiger charge is 2.28. The molecule has 7 nitrogen and oxygen atoms in total. The fraction of sp³-hybridized carbons (Fsp3) is 0.300. The Morgan fingerprint density at radius 3 is 2.57 bits per heavy atom. The van der Waals surface area contributed by atoms with Crippen LogP contribution in [0.4, 0.5) is 0 Å². The average Bonchev–Trinajstić information content (AvgIpc) is 3.11. The zero-order chi connectivity index (χ0) is 19.9. The van der Waals surface area contributed by atoms with Crippen molar-refractivity contribution in [2.75, 3.05) is 13.1 Å². The normalized spacial score (nSPS) is 15.9. The molecule has 0 unspecified atom stereocenters. The third-order valence-corrected chi connectivity index (χ3v) is 6.12. The number of aromatic nitrogens is 1. The molecule has 28 heavy (non-hydrogen) atoms. The van der Waals surface area contributed by atoms with E-state index in [4.69, 9.17) is 9.56 Å². The molecule has 146 valence electrons. The molecule has 1 fully saturated rings. The molecule has 0 saturated carbocycles. The molecule has 1 saturated heterocycles. The lowest BCUT2D eigenvalue weighted by Crippen LogP contribution is -2.38. The van der Waals surface area contributed by atoms with Crippen molar-refractivity contribution < 1.29 is 17.6 Å². The first-order chi connectivity index (χ1) is 13.3. The maximum Gasteiger partial charge on any atom is 0.254 e. The number of nitrogens with two attached hydrogens (primary N) is 1. The molecule has 2 N–H and O–H groups in total. The van der Waals surface area contributed by atoms with E-state index in [1.807, 2.05) is 24.3 Å². The molecule has 0 spiro atoms. The number of nitrogens with zero attached hydrogens (tertiary/aromatic N) is 2. The summed E-state index contributed by atoms with van der Waals surface area (Å²) in [5.74, 6) is 0.688. The van der Waals surface area contributed by atoms with E-state index < -0.39 is 10.0 Å². The third kappa shape index (κ3) is 3.53. The third-order valence-electron chi connectivity index (χ3n) is 5.21. The van der Waals surface area contributed by atoms with E-state index in [0.717, 1.165) is 29.5 Å². The number of para-hydroxylation sites is 2. The fourth-order valence-corrected chi connectivity index (χ4v) is 4.11. The van der Waals surface area contributed by atoms with Crippen LogP contribution in [-0.2, 0) is 10.0 Å². The van der Waals surface area contributed by atoms with Crippen molar-refractivity contribution >= 4 is 27.0 Å². The Hall–Kier alpha value is -2.71. The lowest BCUT2D eigenvalue weighted by Gasteiger charge is -2.31. The number of oxazole rings is 1. The van der Waals surface area contributed by atoms with Crippen molar-refractivity contribution in [1.29, 1.82) is 0 Å². The molecule has 2 heterocycles. The van der Waals surface area contributed by atoms with E-state index >= 15 is 0 Å². The number of primary sulfonamides is 1. The number of carbonyl (C=O) groups excluding carboxylic acids is 1. The van der Waals surface area contributed by atoms with E-state index in [1.54, 1.807) is 17.9 Å². The van der Waals surface area contributed by atoms with Gasteiger partial charge >= 0.3 is 0 Å². The second kappa shape index (κ2) is 7.03. The number of hydrogen-bond donors (Lipinski definition) is 1. The number of benzene rings is 2. The highest BCUT2D eigenvalue weighted by atomic mass is 32.2. The van der Waals surface area contributed by atoms with E-state index in [9.17, 15) is 13.2 Å². The summed E-state index contributed by atoms with van der Waals surface area (Å²) in [6, 6.07) is 12.0. The summed E-state index contributed by atoms with van der Waals surface area (Å²) >= 11 is 0. The van der Waals surface area contributed by atoms with Crippen molar-refractivity contribution in [2.45, 2.75) is 30.6 Å². The molecule has 1 aliphatic rings. The summed E-state index contributed by atoms with van der Waals surface area (Å²) in [5.41, 5.74) is 2.70. The van der Waals surface area contributed by atoms with Gasteiger partial charge in [-0.25, -0.2) is 18.5 Å². The Morgan fingerprint density at radius 2 is 1.89 bits per heavy atom. The van der Waals surface area contributed by atoms with Crippen molar-refractivity contribution in [1.82, 2.24) is 9.88 Å². The van der Waals surface area contributed by atoms with E-state index in [1.165, 1.54) is 12.1 Å². The van der Waals surface area contributed by atoms with Gasteiger partial charge in [0.1, 0.15) is 5.52 Å². The highest BCUT2D eigenvalue weighted by molar-refractivity contribution is 7.89.